The van der Waals surface area contributed by atoms with Crippen LogP contribution in [0.25, 0.3) is 50.1 Å². The molecule has 0 N–H and O–H groups in total. The van der Waals surface area contributed by atoms with Gasteiger partial charge in [-0.15, -0.1) is 0 Å². The predicted molar refractivity (Wildman–Crippen MR) is 219 cm³/mol. The highest BCUT2D eigenvalue weighted by molar-refractivity contribution is 6.04. The normalized spacial score (nSPS) is 17.4. The topological polar surface area (TPSA) is 20.5 Å². The fourth-order valence-corrected chi connectivity index (χ4v) is 10.8. The Balaban J connectivity index is 1.14. The summed E-state index contributed by atoms with van der Waals surface area (Å²) >= 11 is 0. The van der Waals surface area contributed by atoms with E-state index in [1.54, 1.807) is 0 Å². The molecule has 0 radical (unpaired) electrons. The number of rotatable bonds is 2. The average molecular weight is 692 g/mol. The van der Waals surface area contributed by atoms with Crippen LogP contribution >= 0.6 is 0 Å². The molecule has 0 bridgehead atoms. The van der Waals surface area contributed by atoms with Gasteiger partial charge in [0.25, 0.3) is 0 Å². The van der Waals surface area contributed by atoms with E-state index in [-0.39, 0.29) is 11.7 Å². The van der Waals surface area contributed by atoms with Crippen molar-refractivity contribution in [3.63, 3.8) is 0 Å². The van der Waals surface area contributed by atoms with Crippen molar-refractivity contribution in [2.75, 3.05) is 7.05 Å². The second-order valence-corrected chi connectivity index (χ2v) is 15.9. The molecular formula is C51H37N3. The van der Waals surface area contributed by atoms with E-state index in [1.807, 2.05) is 0 Å². The standard InChI is InChI=1S/C51H37N3/c1-50(2)39-22-10-4-16-32(39)35-29-28-31(30-43(35)50)47-37-20-8-14-26-44(37)52-49(53(47)3)54-45-27-15-9-21-38(45)46-48(54)36-19-7-13-25-42(36)51(46)40-23-11-5-17-33(40)34-18-6-12-24-41(34)51/h4-30,49H,1-3H3. The third kappa shape index (κ3) is 3.51. The maximum absolute atomic E-state index is 5.65. The molecule has 1 spiro atoms. The Hall–Kier alpha value is -6.45. The summed E-state index contributed by atoms with van der Waals surface area (Å²) in [4.78, 5) is 8.08. The molecule has 0 fully saturated rings. The van der Waals surface area contributed by atoms with Crippen molar-refractivity contribution < 1.29 is 0 Å². The molecule has 2 heterocycles. The Morgan fingerprint density at radius 1 is 0.519 bits per heavy atom. The molecule has 1 aliphatic heterocycles. The molecule has 256 valence electrons. The number of benzene rings is 7. The molecular weight excluding hydrogens is 655 g/mol. The van der Waals surface area contributed by atoms with E-state index >= 15 is 0 Å². The molecule has 1 unspecified atom stereocenters. The van der Waals surface area contributed by atoms with Crippen molar-refractivity contribution in [3.8, 4) is 33.5 Å². The van der Waals surface area contributed by atoms with Crippen molar-refractivity contribution >= 4 is 16.6 Å². The van der Waals surface area contributed by atoms with Crippen LogP contribution in [0.5, 0.6) is 0 Å². The summed E-state index contributed by atoms with van der Waals surface area (Å²) in [5.41, 5.74) is 19.1. The zero-order valence-corrected chi connectivity index (χ0v) is 30.5. The largest absolute Gasteiger partial charge is 0.335 e. The molecule has 8 aromatic rings. The highest BCUT2D eigenvalue weighted by atomic mass is 15.4. The van der Waals surface area contributed by atoms with Crippen LogP contribution in [0.3, 0.4) is 0 Å². The van der Waals surface area contributed by atoms with Gasteiger partial charge in [0.2, 0.25) is 6.29 Å². The molecule has 3 nitrogen and oxygen atoms in total. The second-order valence-electron chi connectivity index (χ2n) is 15.9. The van der Waals surface area contributed by atoms with E-state index in [1.165, 1.54) is 89.1 Å². The lowest BCUT2D eigenvalue weighted by Gasteiger charge is -2.35. The summed E-state index contributed by atoms with van der Waals surface area (Å²) < 4.78 is 2.55. The summed E-state index contributed by atoms with van der Waals surface area (Å²) in [5.74, 6) is 0. The van der Waals surface area contributed by atoms with Gasteiger partial charge >= 0.3 is 0 Å². The number of nitrogens with zero attached hydrogens (tertiary/aromatic N) is 3. The molecule has 1 aromatic heterocycles. The highest BCUT2D eigenvalue weighted by Crippen LogP contribution is 2.65. The SMILES string of the molecule is CN1C(c2ccc3c(c2)C(C)(C)c2ccccc2-3)=c2ccccc2=NC1n1c2c(c3ccccc31)C1(c3ccccc3-c3ccccc31)c1ccccc1-2. The van der Waals surface area contributed by atoms with Crippen molar-refractivity contribution in [1.82, 2.24) is 9.47 Å². The van der Waals surface area contributed by atoms with Crippen LogP contribution in [-0.2, 0) is 10.8 Å². The van der Waals surface area contributed by atoms with Crippen molar-refractivity contribution in [2.24, 2.45) is 4.99 Å². The maximum Gasteiger partial charge on any atom is 0.203 e. The Kier molecular flexibility index (Phi) is 5.77. The van der Waals surface area contributed by atoms with Gasteiger partial charge in [0.15, 0.2) is 0 Å². The van der Waals surface area contributed by atoms with E-state index in [2.05, 4.69) is 194 Å². The molecule has 3 aliphatic carbocycles. The summed E-state index contributed by atoms with van der Waals surface area (Å²) in [7, 11) is 2.24. The van der Waals surface area contributed by atoms with Gasteiger partial charge < -0.3 is 9.47 Å². The van der Waals surface area contributed by atoms with Gasteiger partial charge in [-0.25, -0.2) is 4.99 Å². The molecule has 1 atom stereocenters. The lowest BCUT2D eigenvalue weighted by Crippen LogP contribution is -2.42. The third-order valence-corrected chi connectivity index (χ3v) is 13.0. The molecule has 7 aromatic carbocycles. The zero-order valence-electron chi connectivity index (χ0n) is 30.5. The molecule has 12 rings (SSSR count). The lowest BCUT2D eigenvalue weighted by atomic mass is 9.70. The van der Waals surface area contributed by atoms with Gasteiger partial charge in [-0.05, 0) is 73.8 Å². The Labute approximate surface area is 314 Å². The highest BCUT2D eigenvalue weighted by Gasteiger charge is 2.54. The third-order valence-electron chi connectivity index (χ3n) is 13.0. The van der Waals surface area contributed by atoms with Gasteiger partial charge in [0.1, 0.15) is 0 Å². The zero-order chi connectivity index (χ0) is 35.9. The first-order chi connectivity index (χ1) is 26.5. The smallest absolute Gasteiger partial charge is 0.203 e. The molecule has 0 saturated heterocycles. The molecule has 0 saturated carbocycles. The Morgan fingerprint density at radius 3 is 1.78 bits per heavy atom. The van der Waals surface area contributed by atoms with Crippen LogP contribution < -0.4 is 10.6 Å². The fraction of sp³-hybridized carbons (Fsp3) is 0.118. The summed E-state index contributed by atoms with van der Waals surface area (Å²) in [6.07, 6.45) is -0.322. The van der Waals surface area contributed by atoms with Crippen LogP contribution in [-0.4, -0.2) is 16.5 Å². The lowest BCUT2D eigenvalue weighted by molar-refractivity contribution is 0.267. The minimum absolute atomic E-state index is 0.0949. The number of aromatic nitrogens is 1. The molecule has 4 aliphatic rings. The van der Waals surface area contributed by atoms with E-state index in [9.17, 15) is 0 Å². The first kappa shape index (κ1) is 30.1. The van der Waals surface area contributed by atoms with Crippen molar-refractivity contribution in [1.29, 1.82) is 0 Å². The van der Waals surface area contributed by atoms with Crippen LogP contribution in [0.15, 0.2) is 169 Å². The molecule has 0 amide bonds. The predicted octanol–water partition coefficient (Wildman–Crippen LogP) is 10.2. The minimum atomic E-state index is -0.442. The van der Waals surface area contributed by atoms with Crippen LogP contribution in [0.4, 0.5) is 0 Å². The van der Waals surface area contributed by atoms with E-state index in [0.717, 1.165) is 10.6 Å². The number of hydrogen-bond donors (Lipinski definition) is 0. The summed E-state index contributed by atoms with van der Waals surface area (Å²) in [6, 6.07) is 61.0. The number of fused-ring (bicyclic) bond motifs is 16. The number of para-hydroxylation sites is 2. The Morgan fingerprint density at radius 2 is 1.06 bits per heavy atom. The summed E-state index contributed by atoms with van der Waals surface area (Å²) in [6.45, 7) is 4.73. The van der Waals surface area contributed by atoms with Gasteiger partial charge in [0.05, 0.1) is 27.7 Å². The van der Waals surface area contributed by atoms with E-state index < -0.39 is 5.41 Å². The molecule has 54 heavy (non-hydrogen) atoms. The monoisotopic (exact) mass is 691 g/mol. The second kappa shape index (κ2) is 10.4. The van der Waals surface area contributed by atoms with Crippen LogP contribution in [0.1, 0.15) is 59.1 Å². The molecule has 3 heteroatoms. The average Bonchev–Trinajstić information content (AvgIpc) is 3.88. The van der Waals surface area contributed by atoms with Gasteiger partial charge in [-0.1, -0.05) is 159 Å². The van der Waals surface area contributed by atoms with E-state index in [0.29, 0.717) is 0 Å². The fourth-order valence-electron chi connectivity index (χ4n) is 10.8. The first-order valence-electron chi connectivity index (χ1n) is 19.1. The Bertz CT molecular complexity index is 3020. The quantitative estimate of drug-likeness (QED) is 0.177. The van der Waals surface area contributed by atoms with Crippen molar-refractivity contribution in [3.05, 3.63) is 213 Å². The van der Waals surface area contributed by atoms with Gasteiger partial charge in [-0.3, -0.25) is 0 Å². The first-order valence-corrected chi connectivity index (χ1v) is 19.1. The van der Waals surface area contributed by atoms with Crippen LogP contribution in [0.2, 0.25) is 0 Å². The summed E-state index contributed by atoms with van der Waals surface area (Å²) in [5, 5.41) is 3.45. The van der Waals surface area contributed by atoms with Crippen molar-refractivity contribution in [2.45, 2.75) is 31.0 Å². The maximum atomic E-state index is 5.65. The number of hydrogen-bond acceptors (Lipinski definition) is 2. The van der Waals surface area contributed by atoms with Gasteiger partial charge in [-0.2, -0.15) is 0 Å². The van der Waals surface area contributed by atoms with Crippen LogP contribution in [0, 0.1) is 0 Å². The van der Waals surface area contributed by atoms with Gasteiger partial charge in [0, 0.05) is 34.2 Å². The minimum Gasteiger partial charge on any atom is -0.335 e. The van der Waals surface area contributed by atoms with E-state index in [4.69, 9.17) is 4.99 Å².